The minimum atomic E-state index is -4.37. The molecule has 1 N–H and O–H groups in total. The van der Waals surface area contributed by atoms with E-state index in [1.165, 1.54) is 17.7 Å². The molecule has 2 aromatic carbocycles. The molecule has 2 rings (SSSR count). The molecule has 2 nitrogen and oxygen atoms in total. The lowest BCUT2D eigenvalue weighted by Crippen LogP contribution is -2.12. The maximum Gasteiger partial charge on any atom is 0.416 e. The first-order valence-corrected chi connectivity index (χ1v) is 8.00. The first-order chi connectivity index (χ1) is 10.8. The molecule has 0 aliphatic carbocycles. The van der Waals surface area contributed by atoms with E-state index < -0.39 is 11.7 Å². The molecule has 0 heterocycles. The van der Waals surface area contributed by atoms with Crippen molar-refractivity contribution in [2.75, 3.05) is 11.1 Å². The van der Waals surface area contributed by atoms with Crippen LogP contribution in [0.5, 0.6) is 0 Å². The van der Waals surface area contributed by atoms with Crippen molar-refractivity contribution in [3.05, 3.63) is 59.7 Å². The van der Waals surface area contributed by atoms with Gasteiger partial charge < -0.3 is 5.32 Å². The number of thioether (sulfide) groups is 1. The van der Waals surface area contributed by atoms with Gasteiger partial charge in [-0.15, -0.1) is 11.8 Å². The highest BCUT2D eigenvalue weighted by atomic mass is 32.2. The fourth-order valence-corrected chi connectivity index (χ4v) is 2.71. The summed E-state index contributed by atoms with van der Waals surface area (Å²) < 4.78 is 37.3. The van der Waals surface area contributed by atoms with Crippen LogP contribution in [0, 0.1) is 6.92 Å². The van der Waals surface area contributed by atoms with Crippen LogP contribution in [-0.4, -0.2) is 11.7 Å². The summed E-state index contributed by atoms with van der Waals surface area (Å²) in [7, 11) is 0. The number of carbonyl (C=O) groups excluding carboxylic acids is 1. The van der Waals surface area contributed by atoms with Gasteiger partial charge in [-0.05, 0) is 43.3 Å². The van der Waals surface area contributed by atoms with Crippen molar-refractivity contribution >= 4 is 23.4 Å². The highest BCUT2D eigenvalue weighted by Crippen LogP contribution is 2.29. The third kappa shape index (κ3) is 5.63. The number of halogens is 3. The number of benzene rings is 2. The maximum atomic E-state index is 12.4. The van der Waals surface area contributed by atoms with Gasteiger partial charge in [0.25, 0.3) is 0 Å². The predicted octanol–water partition coefficient (Wildman–Crippen LogP) is 5.13. The minimum absolute atomic E-state index is 0.218. The van der Waals surface area contributed by atoms with E-state index in [2.05, 4.69) is 5.32 Å². The number of carbonyl (C=O) groups is 1. The van der Waals surface area contributed by atoms with Crippen LogP contribution in [0.3, 0.4) is 0 Å². The smallest absolute Gasteiger partial charge is 0.326 e. The summed E-state index contributed by atoms with van der Waals surface area (Å²) >= 11 is 1.56. The first-order valence-electron chi connectivity index (χ1n) is 7.01. The van der Waals surface area contributed by atoms with Crippen LogP contribution in [-0.2, 0) is 11.0 Å². The average molecular weight is 339 g/mol. The highest BCUT2D eigenvalue weighted by molar-refractivity contribution is 7.99. The van der Waals surface area contributed by atoms with Gasteiger partial charge in [-0.2, -0.15) is 13.2 Å². The zero-order valence-corrected chi connectivity index (χ0v) is 13.3. The molecule has 0 atom stereocenters. The Morgan fingerprint density at radius 1 is 1.04 bits per heavy atom. The van der Waals surface area contributed by atoms with Gasteiger partial charge in [-0.1, -0.05) is 17.7 Å². The maximum absolute atomic E-state index is 12.4. The lowest BCUT2D eigenvalue weighted by atomic mass is 10.2. The van der Waals surface area contributed by atoms with Crippen molar-refractivity contribution in [1.82, 2.24) is 0 Å². The number of alkyl halides is 3. The normalized spacial score (nSPS) is 11.3. The molecule has 0 aromatic heterocycles. The Hall–Kier alpha value is -1.95. The zero-order chi connectivity index (χ0) is 16.9. The summed E-state index contributed by atoms with van der Waals surface area (Å²) in [6.45, 7) is 2.01. The molecule has 0 fully saturated rings. The molecule has 122 valence electrons. The predicted molar refractivity (Wildman–Crippen MR) is 86.6 cm³/mol. The van der Waals surface area contributed by atoms with Gasteiger partial charge >= 0.3 is 6.18 Å². The number of rotatable bonds is 5. The molecule has 23 heavy (non-hydrogen) atoms. The molecule has 0 aliphatic rings. The summed E-state index contributed by atoms with van der Waals surface area (Å²) in [5.41, 5.74) is 0.808. The summed E-state index contributed by atoms with van der Waals surface area (Å²) in [6.07, 6.45) is -4.08. The van der Waals surface area contributed by atoms with Crippen LogP contribution < -0.4 is 5.32 Å². The number of hydrogen-bond acceptors (Lipinski definition) is 2. The Balaban J connectivity index is 1.79. The number of aryl methyl sites for hydroxylation is 1. The third-order valence-corrected chi connectivity index (χ3v) is 4.13. The largest absolute Gasteiger partial charge is 0.416 e. The summed E-state index contributed by atoms with van der Waals surface area (Å²) in [6, 6.07) is 12.4. The Morgan fingerprint density at radius 3 is 2.22 bits per heavy atom. The topological polar surface area (TPSA) is 29.1 Å². The third-order valence-electron chi connectivity index (χ3n) is 3.11. The van der Waals surface area contributed by atoms with Crippen LogP contribution in [0.1, 0.15) is 17.5 Å². The van der Waals surface area contributed by atoms with Crippen LogP contribution in [0.15, 0.2) is 53.4 Å². The SMILES string of the molecule is Cc1ccc(SCCC(=O)Nc2ccc(C(F)(F)F)cc2)cc1. The molecule has 1 amide bonds. The van der Waals surface area contributed by atoms with Gasteiger partial charge in [0.1, 0.15) is 0 Å². The van der Waals surface area contributed by atoms with Crippen molar-refractivity contribution < 1.29 is 18.0 Å². The molecule has 0 unspecified atom stereocenters. The standard InChI is InChI=1S/C17H16F3NOS/c1-12-2-8-15(9-3-12)23-11-10-16(22)21-14-6-4-13(5-7-14)17(18,19)20/h2-9H,10-11H2,1H3,(H,21,22). The van der Waals surface area contributed by atoms with Crippen molar-refractivity contribution in [1.29, 1.82) is 0 Å². The van der Waals surface area contributed by atoms with E-state index in [1.807, 2.05) is 31.2 Å². The minimum Gasteiger partial charge on any atom is -0.326 e. The van der Waals surface area contributed by atoms with Crippen molar-refractivity contribution in [2.24, 2.45) is 0 Å². The molecule has 0 saturated carbocycles. The van der Waals surface area contributed by atoms with E-state index in [0.29, 0.717) is 17.9 Å². The summed E-state index contributed by atoms with van der Waals surface area (Å²) in [5, 5.41) is 2.60. The van der Waals surface area contributed by atoms with E-state index in [1.54, 1.807) is 11.8 Å². The van der Waals surface area contributed by atoms with Gasteiger partial charge in [0.15, 0.2) is 0 Å². The van der Waals surface area contributed by atoms with E-state index in [0.717, 1.165) is 17.0 Å². The fraction of sp³-hybridized carbons (Fsp3) is 0.235. The van der Waals surface area contributed by atoms with Crippen molar-refractivity contribution in [2.45, 2.75) is 24.4 Å². The molecule has 0 spiro atoms. The second-order valence-corrected chi connectivity index (χ2v) is 6.20. The number of anilines is 1. The molecule has 0 saturated heterocycles. The summed E-state index contributed by atoms with van der Waals surface area (Å²) in [4.78, 5) is 12.9. The van der Waals surface area contributed by atoms with Crippen LogP contribution in [0.4, 0.5) is 18.9 Å². The number of hydrogen-bond donors (Lipinski definition) is 1. The van der Waals surface area contributed by atoms with Gasteiger partial charge in [0.2, 0.25) is 5.91 Å². The van der Waals surface area contributed by atoms with Crippen molar-refractivity contribution in [3.8, 4) is 0 Å². The Labute approximate surface area is 137 Å². The molecule has 0 radical (unpaired) electrons. The van der Waals surface area contributed by atoms with E-state index in [9.17, 15) is 18.0 Å². The fourth-order valence-electron chi connectivity index (χ4n) is 1.86. The molecule has 6 heteroatoms. The quantitative estimate of drug-likeness (QED) is 0.765. The van der Waals surface area contributed by atoms with E-state index in [-0.39, 0.29) is 5.91 Å². The van der Waals surface area contributed by atoms with E-state index in [4.69, 9.17) is 0 Å². The summed E-state index contributed by atoms with van der Waals surface area (Å²) in [5.74, 6) is 0.388. The van der Waals surface area contributed by atoms with Gasteiger partial charge in [-0.25, -0.2) is 0 Å². The molecule has 0 aliphatic heterocycles. The zero-order valence-electron chi connectivity index (χ0n) is 12.5. The second kappa shape index (κ2) is 7.55. The van der Waals surface area contributed by atoms with Crippen LogP contribution in [0.25, 0.3) is 0 Å². The molecule has 0 bridgehead atoms. The number of nitrogens with one attached hydrogen (secondary N) is 1. The lowest BCUT2D eigenvalue weighted by molar-refractivity contribution is -0.137. The van der Waals surface area contributed by atoms with Crippen LogP contribution >= 0.6 is 11.8 Å². The Kier molecular flexibility index (Phi) is 5.71. The van der Waals surface area contributed by atoms with Crippen LogP contribution in [0.2, 0.25) is 0 Å². The molecule has 2 aromatic rings. The monoisotopic (exact) mass is 339 g/mol. The second-order valence-electron chi connectivity index (χ2n) is 5.03. The molecular formula is C17H16F3NOS. The number of amides is 1. The van der Waals surface area contributed by atoms with Gasteiger partial charge in [0, 0.05) is 22.8 Å². The Bertz CT molecular complexity index is 651. The van der Waals surface area contributed by atoms with Gasteiger partial charge in [-0.3, -0.25) is 4.79 Å². The lowest BCUT2D eigenvalue weighted by Gasteiger charge is -2.09. The van der Waals surface area contributed by atoms with Crippen molar-refractivity contribution in [3.63, 3.8) is 0 Å². The van der Waals surface area contributed by atoms with Gasteiger partial charge in [0.05, 0.1) is 5.56 Å². The Morgan fingerprint density at radius 2 is 1.65 bits per heavy atom. The average Bonchev–Trinajstić information content (AvgIpc) is 2.49. The van der Waals surface area contributed by atoms with E-state index >= 15 is 0 Å². The first kappa shape index (κ1) is 17.4. The highest BCUT2D eigenvalue weighted by Gasteiger charge is 2.29. The molecular weight excluding hydrogens is 323 g/mol.